The van der Waals surface area contributed by atoms with Gasteiger partial charge in [0.15, 0.2) is 0 Å². The summed E-state index contributed by atoms with van der Waals surface area (Å²) in [5, 5.41) is 0.519. The maximum absolute atomic E-state index is 12.5. The summed E-state index contributed by atoms with van der Waals surface area (Å²) in [6.45, 7) is 4.01. The molecular formula is C15H9BrClNO. The van der Waals surface area contributed by atoms with Crippen molar-refractivity contribution in [2.24, 2.45) is 0 Å². The van der Waals surface area contributed by atoms with Gasteiger partial charge in [0.2, 0.25) is 0 Å². The van der Waals surface area contributed by atoms with Crippen LogP contribution in [0.5, 0.6) is 0 Å². The van der Waals surface area contributed by atoms with Crippen LogP contribution in [0.3, 0.4) is 0 Å². The lowest BCUT2D eigenvalue weighted by Crippen LogP contribution is -2.22. The molecule has 1 aliphatic heterocycles. The number of carbonyl (C=O) groups excluding carboxylic acids is 1. The normalized spacial score (nSPS) is 13.9. The largest absolute Gasteiger partial charge is 0.275 e. The fourth-order valence-electron chi connectivity index (χ4n) is 2.20. The zero-order valence-corrected chi connectivity index (χ0v) is 12.2. The highest BCUT2D eigenvalue weighted by Gasteiger charge is 2.32. The van der Waals surface area contributed by atoms with Crippen LogP contribution >= 0.6 is 27.5 Å². The Labute approximate surface area is 124 Å². The summed E-state index contributed by atoms with van der Waals surface area (Å²) < 4.78 is 0.864. The molecule has 2 aromatic carbocycles. The molecule has 0 saturated heterocycles. The molecule has 0 spiro atoms. The van der Waals surface area contributed by atoms with Crippen LogP contribution in [-0.4, -0.2) is 5.91 Å². The van der Waals surface area contributed by atoms with Crippen molar-refractivity contribution in [2.75, 3.05) is 4.90 Å². The Kier molecular flexibility index (Phi) is 2.96. The number of halogens is 2. The Balaban J connectivity index is 2.17. The molecule has 94 valence electrons. The van der Waals surface area contributed by atoms with Gasteiger partial charge in [0.1, 0.15) is 0 Å². The molecule has 0 N–H and O–H groups in total. The second-order valence-corrected chi connectivity index (χ2v) is 5.55. The third-order valence-corrected chi connectivity index (χ3v) is 3.90. The molecule has 3 rings (SSSR count). The smallest absolute Gasteiger partial charge is 0.263 e. The molecule has 2 nitrogen and oxygen atoms in total. The zero-order valence-electron chi connectivity index (χ0n) is 9.86. The number of rotatable bonds is 1. The van der Waals surface area contributed by atoms with Gasteiger partial charge in [-0.25, -0.2) is 0 Å². The molecule has 0 aromatic heterocycles. The third-order valence-electron chi connectivity index (χ3n) is 3.09. The quantitative estimate of drug-likeness (QED) is 0.738. The lowest BCUT2D eigenvalue weighted by molar-refractivity contribution is 0.101. The lowest BCUT2D eigenvalue weighted by atomic mass is 10.1. The van der Waals surface area contributed by atoms with Gasteiger partial charge in [0, 0.05) is 15.6 Å². The molecule has 1 amide bonds. The predicted molar refractivity (Wildman–Crippen MR) is 81.4 cm³/mol. The first-order chi connectivity index (χ1) is 9.09. The summed E-state index contributed by atoms with van der Waals surface area (Å²) in [4.78, 5) is 14.0. The van der Waals surface area contributed by atoms with Gasteiger partial charge in [0.25, 0.3) is 5.91 Å². The first kappa shape index (κ1) is 12.5. The Morgan fingerprint density at radius 1 is 1.11 bits per heavy atom. The highest BCUT2D eigenvalue weighted by atomic mass is 79.9. The molecule has 0 radical (unpaired) electrons. The van der Waals surface area contributed by atoms with E-state index in [9.17, 15) is 4.79 Å². The Morgan fingerprint density at radius 3 is 2.47 bits per heavy atom. The van der Waals surface area contributed by atoms with E-state index < -0.39 is 0 Å². The number of amides is 1. The molecular weight excluding hydrogens is 326 g/mol. The van der Waals surface area contributed by atoms with Crippen molar-refractivity contribution in [1.82, 2.24) is 0 Å². The van der Waals surface area contributed by atoms with E-state index in [2.05, 4.69) is 22.5 Å². The summed E-state index contributed by atoms with van der Waals surface area (Å²) in [6.07, 6.45) is 0. The van der Waals surface area contributed by atoms with Crippen LogP contribution in [0.2, 0.25) is 5.02 Å². The second-order valence-electron chi connectivity index (χ2n) is 4.23. The van der Waals surface area contributed by atoms with Crippen molar-refractivity contribution >= 4 is 44.8 Å². The first-order valence-corrected chi connectivity index (χ1v) is 6.84. The number of benzene rings is 2. The number of hydrogen-bond donors (Lipinski definition) is 0. The van der Waals surface area contributed by atoms with E-state index in [1.165, 1.54) is 0 Å². The van der Waals surface area contributed by atoms with E-state index in [0.29, 0.717) is 22.0 Å². The molecule has 0 atom stereocenters. The standard InChI is InChI=1S/C15H9BrClNO/c1-9-11-4-2-3-5-12(11)15(19)18(9)14-8-10(16)6-7-13(14)17/h2-8H,1H2. The van der Waals surface area contributed by atoms with Gasteiger partial charge in [-0.1, -0.05) is 52.3 Å². The van der Waals surface area contributed by atoms with Crippen molar-refractivity contribution < 1.29 is 4.79 Å². The Hall–Kier alpha value is -1.58. The second kappa shape index (κ2) is 4.51. The molecule has 19 heavy (non-hydrogen) atoms. The summed E-state index contributed by atoms with van der Waals surface area (Å²) in [7, 11) is 0. The van der Waals surface area contributed by atoms with Crippen LogP contribution in [0.15, 0.2) is 53.5 Å². The average Bonchev–Trinajstić information content (AvgIpc) is 2.66. The van der Waals surface area contributed by atoms with Gasteiger partial charge in [-0.05, 0) is 24.3 Å². The van der Waals surface area contributed by atoms with Crippen molar-refractivity contribution in [3.8, 4) is 0 Å². The predicted octanol–water partition coefficient (Wildman–Crippen LogP) is 4.73. The SMILES string of the molecule is C=C1c2ccccc2C(=O)N1c1cc(Br)ccc1Cl. The van der Waals surface area contributed by atoms with Crippen molar-refractivity contribution in [2.45, 2.75) is 0 Å². The number of anilines is 1. The molecule has 1 heterocycles. The third kappa shape index (κ3) is 1.90. The molecule has 4 heteroatoms. The monoisotopic (exact) mass is 333 g/mol. The summed E-state index contributed by atoms with van der Waals surface area (Å²) in [5.74, 6) is -0.0967. The zero-order chi connectivity index (χ0) is 13.6. The van der Waals surface area contributed by atoms with Crippen LogP contribution < -0.4 is 4.90 Å². The van der Waals surface area contributed by atoms with E-state index >= 15 is 0 Å². The van der Waals surface area contributed by atoms with Crippen LogP contribution in [0.4, 0.5) is 5.69 Å². The van der Waals surface area contributed by atoms with Gasteiger partial charge in [-0.3, -0.25) is 9.69 Å². The van der Waals surface area contributed by atoms with E-state index in [1.54, 1.807) is 17.0 Å². The van der Waals surface area contributed by atoms with Gasteiger partial charge in [-0.2, -0.15) is 0 Å². The maximum atomic E-state index is 12.5. The fourth-order valence-corrected chi connectivity index (χ4v) is 2.75. The van der Waals surface area contributed by atoms with E-state index in [4.69, 9.17) is 11.6 Å². The van der Waals surface area contributed by atoms with E-state index in [0.717, 1.165) is 10.0 Å². The lowest BCUT2D eigenvalue weighted by Gasteiger charge is -2.19. The molecule has 1 aliphatic rings. The van der Waals surface area contributed by atoms with E-state index in [-0.39, 0.29) is 5.91 Å². The van der Waals surface area contributed by atoms with Gasteiger partial charge >= 0.3 is 0 Å². The summed E-state index contributed by atoms with van der Waals surface area (Å²) in [6, 6.07) is 12.8. The number of fused-ring (bicyclic) bond motifs is 1. The first-order valence-electron chi connectivity index (χ1n) is 5.67. The highest BCUT2D eigenvalue weighted by molar-refractivity contribution is 9.10. The molecule has 0 unspecified atom stereocenters. The average molecular weight is 335 g/mol. The minimum absolute atomic E-state index is 0.0967. The molecule has 0 fully saturated rings. The van der Waals surface area contributed by atoms with Crippen LogP contribution in [0, 0.1) is 0 Å². The van der Waals surface area contributed by atoms with Crippen molar-refractivity contribution in [1.29, 1.82) is 0 Å². The molecule has 0 saturated carbocycles. The number of carbonyl (C=O) groups is 1. The van der Waals surface area contributed by atoms with E-state index in [1.807, 2.05) is 30.3 Å². The minimum atomic E-state index is -0.0967. The minimum Gasteiger partial charge on any atom is -0.275 e. The van der Waals surface area contributed by atoms with Crippen molar-refractivity contribution in [3.05, 3.63) is 69.7 Å². The fraction of sp³-hybridized carbons (Fsp3) is 0. The topological polar surface area (TPSA) is 20.3 Å². The Bertz CT molecular complexity index is 676. The van der Waals surface area contributed by atoms with Crippen molar-refractivity contribution in [3.63, 3.8) is 0 Å². The van der Waals surface area contributed by atoms with Gasteiger partial charge in [-0.15, -0.1) is 0 Å². The van der Waals surface area contributed by atoms with Gasteiger partial charge in [0.05, 0.1) is 16.4 Å². The summed E-state index contributed by atoms with van der Waals surface area (Å²) >= 11 is 9.59. The van der Waals surface area contributed by atoms with Crippen LogP contribution in [0.1, 0.15) is 15.9 Å². The molecule has 2 aromatic rings. The Morgan fingerprint density at radius 2 is 1.79 bits per heavy atom. The van der Waals surface area contributed by atoms with Crippen LogP contribution in [-0.2, 0) is 0 Å². The number of hydrogen-bond acceptors (Lipinski definition) is 1. The maximum Gasteiger partial charge on any atom is 0.263 e. The number of nitrogens with zero attached hydrogens (tertiary/aromatic N) is 1. The molecule has 0 aliphatic carbocycles. The highest BCUT2D eigenvalue weighted by Crippen LogP contribution is 2.39. The van der Waals surface area contributed by atoms with Crippen LogP contribution in [0.25, 0.3) is 5.70 Å². The summed E-state index contributed by atoms with van der Waals surface area (Å²) in [5.41, 5.74) is 2.80. The molecule has 0 bridgehead atoms. The van der Waals surface area contributed by atoms with Gasteiger partial charge < -0.3 is 0 Å².